The van der Waals surface area contributed by atoms with Crippen molar-refractivity contribution in [1.82, 2.24) is 9.97 Å². The Morgan fingerprint density at radius 3 is 2.29 bits per heavy atom. The van der Waals surface area contributed by atoms with Gasteiger partial charge in [0.05, 0.1) is 6.26 Å². The third kappa shape index (κ3) is 2.66. The summed E-state index contributed by atoms with van der Waals surface area (Å²) in [7, 11) is 0. The quantitative estimate of drug-likeness (QED) is 0.823. The normalized spacial score (nSPS) is 12.8. The van der Waals surface area contributed by atoms with Crippen LogP contribution in [0.4, 0.5) is 4.39 Å². The fourth-order valence-corrected chi connectivity index (χ4v) is 1.49. The van der Waals surface area contributed by atoms with E-state index in [9.17, 15) is 4.39 Å². The van der Waals surface area contributed by atoms with E-state index in [4.69, 9.17) is 5.11 Å². The molecule has 1 atom stereocenters. The second-order valence-corrected chi connectivity index (χ2v) is 3.49. The lowest BCUT2D eigenvalue weighted by molar-refractivity contribution is 0.396. The lowest BCUT2D eigenvalue weighted by Crippen LogP contribution is -1.88. The summed E-state index contributed by atoms with van der Waals surface area (Å²) in [4.78, 5) is 7.84. The predicted octanol–water partition coefficient (Wildman–Crippen LogP) is 3.23. The van der Waals surface area contributed by atoms with Gasteiger partial charge >= 0.3 is 0 Å². The summed E-state index contributed by atoms with van der Waals surface area (Å²) in [6, 6.07) is 6.94. The van der Waals surface area contributed by atoms with E-state index in [0.29, 0.717) is 11.8 Å². The van der Waals surface area contributed by atoms with E-state index in [-0.39, 0.29) is 0 Å². The highest BCUT2D eigenvalue weighted by atomic mass is 19.1. The summed E-state index contributed by atoms with van der Waals surface area (Å²) in [6.07, 6.45) is 5.36. The largest absolute Gasteiger partial charge is 0.516 e. The molecule has 0 aliphatic carbocycles. The Morgan fingerprint density at radius 1 is 1.06 bits per heavy atom. The topological polar surface area (TPSA) is 46.0 Å². The van der Waals surface area contributed by atoms with Gasteiger partial charge in [-0.3, -0.25) is 0 Å². The first-order valence-corrected chi connectivity index (χ1v) is 5.11. The molecule has 1 aromatic carbocycles. The van der Waals surface area contributed by atoms with Crippen LogP contribution in [-0.2, 0) is 0 Å². The monoisotopic (exact) mass is 230 g/mol. The molecule has 2 aromatic rings. The maximum atomic E-state index is 13.4. The summed E-state index contributed by atoms with van der Waals surface area (Å²) in [5, 5.41) is 8.49. The Balaban J connectivity index is 2.25. The Labute approximate surface area is 98.3 Å². The summed E-state index contributed by atoms with van der Waals surface area (Å²) in [5.74, 6) is 0. The van der Waals surface area contributed by atoms with Gasteiger partial charge in [0.1, 0.15) is 12.5 Å². The maximum Gasteiger partial charge on any atom is 0.147 e. The highest BCUT2D eigenvalue weighted by Gasteiger charge is 2.05. The van der Waals surface area contributed by atoms with Gasteiger partial charge in [-0.25, -0.2) is 14.4 Å². The molecule has 0 amide bonds. The van der Waals surface area contributed by atoms with Crippen LogP contribution in [-0.4, -0.2) is 15.1 Å². The van der Waals surface area contributed by atoms with Crippen LogP contribution in [0.1, 0.15) is 11.7 Å². The number of alkyl halides is 1. The standard InChI is InChI=1S/C13H11FN2O/c14-13(5-6-17)11-3-1-10(2-4-11)12-7-15-9-16-8-12/h1-9,13,17H/b6-5-. The third-order valence-electron chi connectivity index (χ3n) is 2.38. The van der Waals surface area contributed by atoms with Crippen LogP contribution < -0.4 is 0 Å². The van der Waals surface area contributed by atoms with Gasteiger partial charge in [0.25, 0.3) is 0 Å². The van der Waals surface area contributed by atoms with Gasteiger partial charge in [-0.05, 0) is 17.2 Å². The first kappa shape index (κ1) is 11.3. The molecule has 3 nitrogen and oxygen atoms in total. The number of aliphatic hydroxyl groups is 1. The fraction of sp³-hybridized carbons (Fsp3) is 0.0769. The minimum absolute atomic E-state index is 0.496. The fourth-order valence-electron chi connectivity index (χ4n) is 1.49. The number of nitrogens with zero attached hydrogens (tertiary/aromatic N) is 2. The number of benzene rings is 1. The van der Waals surface area contributed by atoms with Crippen LogP contribution in [0.15, 0.2) is 55.3 Å². The Bertz CT molecular complexity index is 497. The van der Waals surface area contributed by atoms with Crippen molar-refractivity contribution in [3.05, 3.63) is 60.9 Å². The van der Waals surface area contributed by atoms with Gasteiger partial charge < -0.3 is 5.11 Å². The van der Waals surface area contributed by atoms with Crippen LogP contribution in [0, 0.1) is 0 Å². The van der Waals surface area contributed by atoms with E-state index in [1.165, 1.54) is 6.33 Å². The second-order valence-electron chi connectivity index (χ2n) is 3.49. The Morgan fingerprint density at radius 2 is 1.71 bits per heavy atom. The van der Waals surface area contributed by atoms with Crippen molar-refractivity contribution < 1.29 is 9.50 Å². The third-order valence-corrected chi connectivity index (χ3v) is 2.38. The van der Waals surface area contributed by atoms with Gasteiger partial charge in [0.15, 0.2) is 0 Å². The predicted molar refractivity (Wildman–Crippen MR) is 63.1 cm³/mol. The highest BCUT2D eigenvalue weighted by molar-refractivity contribution is 5.61. The van der Waals surface area contributed by atoms with Crippen molar-refractivity contribution in [2.45, 2.75) is 6.17 Å². The van der Waals surface area contributed by atoms with E-state index in [0.717, 1.165) is 17.2 Å². The number of halogens is 1. The van der Waals surface area contributed by atoms with Gasteiger partial charge in [0, 0.05) is 18.0 Å². The molecule has 1 N–H and O–H groups in total. The number of hydrogen-bond donors (Lipinski definition) is 1. The molecule has 4 heteroatoms. The van der Waals surface area contributed by atoms with Crippen LogP contribution in [0.25, 0.3) is 11.1 Å². The highest BCUT2D eigenvalue weighted by Crippen LogP contribution is 2.23. The van der Waals surface area contributed by atoms with Crippen molar-refractivity contribution in [3.63, 3.8) is 0 Å². The van der Waals surface area contributed by atoms with Gasteiger partial charge in [0.2, 0.25) is 0 Å². The van der Waals surface area contributed by atoms with Crippen molar-refractivity contribution in [2.75, 3.05) is 0 Å². The zero-order chi connectivity index (χ0) is 12.1. The van der Waals surface area contributed by atoms with Gasteiger partial charge in [-0.1, -0.05) is 24.3 Å². The number of rotatable bonds is 3. The number of aromatic nitrogens is 2. The molecule has 1 unspecified atom stereocenters. The van der Waals surface area contributed by atoms with E-state index >= 15 is 0 Å². The minimum atomic E-state index is -1.29. The first-order chi connectivity index (χ1) is 8.31. The Kier molecular flexibility index (Phi) is 3.45. The van der Waals surface area contributed by atoms with E-state index in [1.807, 2.05) is 0 Å². The molecule has 0 saturated carbocycles. The van der Waals surface area contributed by atoms with Crippen molar-refractivity contribution in [1.29, 1.82) is 0 Å². The zero-order valence-electron chi connectivity index (χ0n) is 8.99. The van der Waals surface area contributed by atoms with Crippen molar-refractivity contribution in [3.8, 4) is 11.1 Å². The molecule has 0 radical (unpaired) electrons. The molecular weight excluding hydrogens is 219 g/mol. The van der Waals surface area contributed by atoms with E-state index in [1.54, 1.807) is 36.7 Å². The number of aliphatic hydroxyl groups excluding tert-OH is 1. The molecule has 0 spiro atoms. The molecule has 1 aromatic heterocycles. The lowest BCUT2D eigenvalue weighted by Gasteiger charge is -2.05. The van der Waals surface area contributed by atoms with Crippen LogP contribution in [0.3, 0.4) is 0 Å². The Hall–Kier alpha value is -2.23. The summed E-state index contributed by atoms with van der Waals surface area (Å²) < 4.78 is 13.4. The molecule has 1 heterocycles. The molecule has 17 heavy (non-hydrogen) atoms. The number of hydrogen-bond acceptors (Lipinski definition) is 3. The first-order valence-electron chi connectivity index (χ1n) is 5.11. The van der Waals surface area contributed by atoms with Gasteiger partial charge in [-0.2, -0.15) is 0 Å². The SMILES string of the molecule is O/C=C\C(F)c1ccc(-c2cncnc2)cc1. The summed E-state index contributed by atoms with van der Waals surface area (Å²) in [5.41, 5.74) is 2.30. The molecule has 0 bridgehead atoms. The summed E-state index contributed by atoms with van der Waals surface area (Å²) in [6.45, 7) is 0. The van der Waals surface area contributed by atoms with Gasteiger partial charge in [-0.15, -0.1) is 0 Å². The molecular formula is C13H11FN2O. The van der Waals surface area contributed by atoms with E-state index in [2.05, 4.69) is 9.97 Å². The van der Waals surface area contributed by atoms with E-state index < -0.39 is 6.17 Å². The average Bonchev–Trinajstić information content (AvgIpc) is 2.40. The van der Waals surface area contributed by atoms with Crippen molar-refractivity contribution in [2.24, 2.45) is 0 Å². The molecule has 0 aliphatic heterocycles. The zero-order valence-corrected chi connectivity index (χ0v) is 8.99. The molecule has 0 saturated heterocycles. The van der Waals surface area contributed by atoms with Crippen LogP contribution in [0.2, 0.25) is 0 Å². The van der Waals surface area contributed by atoms with Crippen LogP contribution in [0.5, 0.6) is 0 Å². The van der Waals surface area contributed by atoms with Crippen molar-refractivity contribution >= 4 is 0 Å². The summed E-state index contributed by atoms with van der Waals surface area (Å²) >= 11 is 0. The maximum absolute atomic E-state index is 13.4. The lowest BCUT2D eigenvalue weighted by atomic mass is 10.0. The molecule has 86 valence electrons. The second kappa shape index (κ2) is 5.21. The minimum Gasteiger partial charge on any atom is -0.516 e. The number of allylic oxidation sites excluding steroid dienone is 1. The molecule has 2 rings (SSSR count). The van der Waals surface area contributed by atoms with Crippen LogP contribution >= 0.6 is 0 Å². The molecule has 0 fully saturated rings. The molecule has 0 aliphatic rings. The average molecular weight is 230 g/mol. The smallest absolute Gasteiger partial charge is 0.147 e.